The van der Waals surface area contributed by atoms with Crippen molar-refractivity contribution in [3.8, 4) is 50.7 Å². The molecule has 13 rings (SSSR count). The number of thiophene rings is 1. The SMILES string of the molecule is Cc1cc(C)c(-c2cccc(-c3c(C)cc(C)cc3C)c2N2[CH-]N(c3[c-]c(Oc4[c-]c5c(cc4)c4c6sc7ccccc7c6ccc4n5-c4cc(C(C)(C)C)ccn4)cc(-c4c(C(C)(C)C)cccc4C(C)(C)C)c3)c3ccccc32)c(C)c1.[Pt]. The molecular weight excluding hydrogens is 1240 g/mol. The van der Waals surface area contributed by atoms with E-state index in [0.717, 1.165) is 50.6 Å². The number of para-hydroxylation sites is 3. The second-order valence-electron chi connectivity index (χ2n) is 26.5. The van der Waals surface area contributed by atoms with Crippen LogP contribution in [0.2, 0.25) is 0 Å². The van der Waals surface area contributed by atoms with Crippen LogP contribution in [-0.2, 0) is 37.3 Å². The van der Waals surface area contributed by atoms with Gasteiger partial charge in [-0.25, -0.2) is 4.98 Å². The van der Waals surface area contributed by atoms with Crippen molar-refractivity contribution in [1.29, 1.82) is 0 Å². The number of aryl methyl sites for hydroxylation is 6. The van der Waals surface area contributed by atoms with Crippen molar-refractivity contribution in [3.05, 3.63) is 233 Å². The molecule has 0 saturated carbocycles. The Labute approximate surface area is 521 Å². The maximum atomic E-state index is 7.33. The molecule has 3 aromatic heterocycles. The monoisotopic (exact) mass is 1310 g/mol. The third-order valence-electron chi connectivity index (χ3n) is 17.1. The number of aromatic nitrogens is 2. The van der Waals surface area contributed by atoms with Gasteiger partial charge >= 0.3 is 0 Å². The summed E-state index contributed by atoms with van der Waals surface area (Å²) >= 11 is 1.85. The summed E-state index contributed by atoms with van der Waals surface area (Å²) in [5, 5.41) is 4.81. The summed E-state index contributed by atoms with van der Waals surface area (Å²) in [6, 6.07) is 66.0. The Balaban J connectivity index is 0.00000709. The van der Waals surface area contributed by atoms with E-state index in [0.29, 0.717) is 11.5 Å². The van der Waals surface area contributed by atoms with E-state index >= 15 is 0 Å². The summed E-state index contributed by atoms with van der Waals surface area (Å²) in [5.41, 5.74) is 24.1. The maximum Gasteiger partial charge on any atom is 0.135 e. The Morgan fingerprint density at radius 1 is 0.506 bits per heavy atom. The van der Waals surface area contributed by atoms with Crippen molar-refractivity contribution < 1.29 is 25.8 Å². The van der Waals surface area contributed by atoms with Crippen LogP contribution in [-0.4, -0.2) is 9.55 Å². The van der Waals surface area contributed by atoms with Gasteiger partial charge in [-0.15, -0.1) is 65.0 Å². The molecule has 7 heteroatoms. The molecule has 9 aromatic carbocycles. The molecule has 4 heterocycles. The molecule has 0 amide bonds. The van der Waals surface area contributed by atoms with Gasteiger partial charge in [0.05, 0.1) is 0 Å². The molecule has 0 fully saturated rings. The fraction of sp³-hybridized carbons (Fsp3) is 0.231. The van der Waals surface area contributed by atoms with Crippen LogP contribution in [0.3, 0.4) is 0 Å². The molecule has 85 heavy (non-hydrogen) atoms. The maximum absolute atomic E-state index is 7.33. The van der Waals surface area contributed by atoms with Crippen LogP contribution in [0.5, 0.6) is 11.5 Å². The van der Waals surface area contributed by atoms with Gasteiger partial charge in [-0.3, -0.25) is 0 Å². The topological polar surface area (TPSA) is 33.5 Å². The second kappa shape index (κ2) is 21.3. The molecule has 5 nitrogen and oxygen atoms in total. The van der Waals surface area contributed by atoms with E-state index in [1.54, 1.807) is 0 Å². The van der Waals surface area contributed by atoms with Crippen molar-refractivity contribution in [3.63, 3.8) is 0 Å². The number of fused-ring (bicyclic) bond motifs is 8. The minimum Gasteiger partial charge on any atom is -0.509 e. The third kappa shape index (κ3) is 10.1. The summed E-state index contributed by atoms with van der Waals surface area (Å²) in [7, 11) is 0. The second-order valence-corrected chi connectivity index (χ2v) is 27.6. The van der Waals surface area contributed by atoms with E-state index in [9.17, 15) is 0 Å². The van der Waals surface area contributed by atoms with Crippen molar-refractivity contribution in [2.24, 2.45) is 0 Å². The smallest absolute Gasteiger partial charge is 0.135 e. The predicted molar refractivity (Wildman–Crippen MR) is 358 cm³/mol. The van der Waals surface area contributed by atoms with Crippen LogP contribution < -0.4 is 14.5 Å². The van der Waals surface area contributed by atoms with Crippen LogP contribution in [0.25, 0.3) is 81.2 Å². The first-order valence-electron chi connectivity index (χ1n) is 29.5. The normalized spacial score (nSPS) is 12.9. The van der Waals surface area contributed by atoms with Gasteiger partial charge in [0.1, 0.15) is 5.82 Å². The largest absolute Gasteiger partial charge is 0.509 e. The Kier molecular flexibility index (Phi) is 14.5. The van der Waals surface area contributed by atoms with E-state index in [-0.39, 0.29) is 37.3 Å². The van der Waals surface area contributed by atoms with Crippen molar-refractivity contribution >= 4 is 76.1 Å². The van der Waals surface area contributed by atoms with Gasteiger partial charge in [0.25, 0.3) is 0 Å². The summed E-state index contributed by atoms with van der Waals surface area (Å²) in [5.74, 6) is 2.02. The standard InChI is InChI=1S/C78H73N4OS.Pt/c1-46-36-48(3)70(49(4)37-46)60-23-20-24-61(71-50(5)38-47(2)39-51(71)6)74(60)81-45-80(64-27-17-18-28-65(64)81)54-40-52(72-62(77(10,11)12)25-21-26-63(72)78(13,14)15)41-56(43-54)83-55-30-31-59-67(44-55)82(69-42-53(34-35-79-69)76(7,8)9)66-33-32-58-57-22-16-19-29-68(57)84-75(58)73(59)66;/h16-42,45H,1-15H3;/q-3;. The molecule has 0 saturated heterocycles. The first-order valence-corrected chi connectivity index (χ1v) is 30.3. The van der Waals surface area contributed by atoms with Gasteiger partial charge < -0.3 is 19.1 Å². The first-order chi connectivity index (χ1) is 40.0. The zero-order valence-corrected chi connectivity index (χ0v) is 54.7. The molecule has 12 aromatic rings. The van der Waals surface area contributed by atoms with Gasteiger partial charge in [-0.1, -0.05) is 176 Å². The molecule has 430 valence electrons. The van der Waals surface area contributed by atoms with Crippen LogP contribution in [0, 0.1) is 60.3 Å². The van der Waals surface area contributed by atoms with Crippen molar-refractivity contribution in [1.82, 2.24) is 9.55 Å². The fourth-order valence-electron chi connectivity index (χ4n) is 13.5. The molecule has 0 unspecified atom stereocenters. The van der Waals surface area contributed by atoms with Crippen LogP contribution in [0.4, 0.5) is 22.7 Å². The van der Waals surface area contributed by atoms with Crippen LogP contribution in [0.15, 0.2) is 164 Å². The zero-order valence-electron chi connectivity index (χ0n) is 51.6. The molecule has 0 aliphatic carbocycles. The average Bonchev–Trinajstić information content (AvgIpc) is 2.34. The minimum absolute atomic E-state index is 0. The van der Waals surface area contributed by atoms with E-state index in [1.807, 2.05) is 17.5 Å². The number of nitrogens with zero attached hydrogens (tertiary/aromatic N) is 4. The van der Waals surface area contributed by atoms with E-state index in [1.165, 1.54) is 103 Å². The number of hydrogen-bond acceptors (Lipinski definition) is 5. The number of pyridine rings is 1. The number of rotatable bonds is 8. The first kappa shape index (κ1) is 57.7. The Hall–Kier alpha value is -7.76. The summed E-state index contributed by atoms with van der Waals surface area (Å²) < 4.78 is 12.1. The number of ether oxygens (including phenoxy) is 1. The molecule has 0 bridgehead atoms. The number of benzene rings is 9. The van der Waals surface area contributed by atoms with Gasteiger partial charge in [0.15, 0.2) is 0 Å². The summed E-state index contributed by atoms with van der Waals surface area (Å²) in [6.07, 6.45) is 1.94. The van der Waals surface area contributed by atoms with Gasteiger partial charge in [-0.2, -0.15) is 6.07 Å². The van der Waals surface area contributed by atoms with E-state index in [2.05, 4.69) is 295 Å². The van der Waals surface area contributed by atoms with Crippen LogP contribution >= 0.6 is 11.3 Å². The van der Waals surface area contributed by atoms with E-state index < -0.39 is 0 Å². The van der Waals surface area contributed by atoms with Gasteiger partial charge in [0, 0.05) is 92.6 Å². The summed E-state index contributed by atoms with van der Waals surface area (Å²) in [6.45, 7) is 36.4. The molecule has 0 atom stereocenters. The minimum atomic E-state index is -0.177. The van der Waals surface area contributed by atoms with Crippen molar-refractivity contribution in [2.75, 3.05) is 9.80 Å². The zero-order chi connectivity index (χ0) is 58.9. The molecule has 0 N–H and O–H groups in total. The molecule has 0 spiro atoms. The molecule has 0 radical (unpaired) electrons. The average molecular weight is 1310 g/mol. The van der Waals surface area contributed by atoms with Gasteiger partial charge in [0.2, 0.25) is 0 Å². The fourth-order valence-corrected chi connectivity index (χ4v) is 14.7. The van der Waals surface area contributed by atoms with Crippen LogP contribution in [0.1, 0.15) is 112 Å². The quantitative estimate of drug-likeness (QED) is 0.142. The third-order valence-corrected chi connectivity index (χ3v) is 18.3. The number of hydrogen-bond donors (Lipinski definition) is 0. The Morgan fingerprint density at radius 3 is 1.69 bits per heavy atom. The number of anilines is 4. The van der Waals surface area contributed by atoms with Gasteiger partial charge in [-0.05, 0) is 155 Å². The Bertz CT molecular complexity index is 4500. The van der Waals surface area contributed by atoms with Crippen molar-refractivity contribution in [2.45, 2.75) is 120 Å². The molecule has 1 aliphatic rings. The molecule has 1 aliphatic heterocycles. The molecular formula is C78H73N4OPtS-3. The van der Waals surface area contributed by atoms with E-state index in [4.69, 9.17) is 9.72 Å². The summed E-state index contributed by atoms with van der Waals surface area (Å²) in [4.78, 5) is 9.84. The Morgan fingerprint density at radius 2 is 1.08 bits per heavy atom. The predicted octanol–water partition coefficient (Wildman–Crippen LogP) is 22.1.